The normalized spacial score (nSPS) is 15.2. The zero-order valence-corrected chi connectivity index (χ0v) is 7.78. The predicted octanol–water partition coefficient (Wildman–Crippen LogP) is 2.66. The lowest BCUT2D eigenvalue weighted by Gasteiger charge is -2.20. The van der Waals surface area contributed by atoms with E-state index in [1.54, 1.807) is 0 Å². The minimum Gasteiger partial charge on any atom is -0.385 e. The van der Waals surface area contributed by atoms with Gasteiger partial charge in [-0.3, -0.25) is 0 Å². The van der Waals surface area contributed by atoms with Gasteiger partial charge in [-0.05, 0) is 37.8 Å². The number of hydrogen-bond donors (Lipinski definition) is 1. The predicted molar refractivity (Wildman–Crippen MR) is 52.7 cm³/mol. The van der Waals surface area contributed by atoms with E-state index in [2.05, 4.69) is 31.3 Å². The Balaban J connectivity index is 2.53. The number of anilines is 1. The second-order valence-electron chi connectivity index (χ2n) is 3.65. The van der Waals surface area contributed by atoms with Crippen molar-refractivity contribution in [2.75, 3.05) is 11.9 Å². The molecule has 0 radical (unpaired) electrons. The zero-order valence-electron chi connectivity index (χ0n) is 7.78. The number of nitrogens with one attached hydrogen (secondary N) is 1. The van der Waals surface area contributed by atoms with Crippen LogP contribution in [0.5, 0.6) is 0 Å². The summed E-state index contributed by atoms with van der Waals surface area (Å²) >= 11 is 0. The molecule has 2 rings (SSSR count). The fraction of sp³-hybridized carbons (Fsp3) is 0.455. The van der Waals surface area contributed by atoms with Crippen molar-refractivity contribution in [3.63, 3.8) is 0 Å². The summed E-state index contributed by atoms with van der Waals surface area (Å²) in [7, 11) is 0. The van der Waals surface area contributed by atoms with Gasteiger partial charge in [0.25, 0.3) is 0 Å². The molecule has 0 spiro atoms. The van der Waals surface area contributed by atoms with Gasteiger partial charge in [0.1, 0.15) is 0 Å². The average molecular weight is 161 g/mol. The van der Waals surface area contributed by atoms with E-state index in [0.29, 0.717) is 0 Å². The molecule has 1 aromatic rings. The SMILES string of the molecule is Cc1cc(C)c2c(c1)CCCN2. The molecule has 12 heavy (non-hydrogen) atoms. The molecular formula is C11H15N. The molecule has 0 aromatic heterocycles. The second kappa shape index (κ2) is 2.81. The molecule has 64 valence electrons. The van der Waals surface area contributed by atoms with Crippen molar-refractivity contribution in [3.8, 4) is 0 Å². The molecule has 1 N–H and O–H groups in total. The van der Waals surface area contributed by atoms with Gasteiger partial charge in [-0.25, -0.2) is 0 Å². The first-order valence-corrected chi connectivity index (χ1v) is 4.61. The van der Waals surface area contributed by atoms with E-state index in [1.807, 2.05) is 0 Å². The average Bonchev–Trinajstić information content (AvgIpc) is 2.04. The van der Waals surface area contributed by atoms with Crippen LogP contribution < -0.4 is 5.32 Å². The number of fused-ring (bicyclic) bond motifs is 1. The molecular weight excluding hydrogens is 146 g/mol. The highest BCUT2D eigenvalue weighted by Crippen LogP contribution is 2.26. The van der Waals surface area contributed by atoms with Crippen LogP contribution in [0.25, 0.3) is 0 Å². The third kappa shape index (κ3) is 1.20. The van der Waals surface area contributed by atoms with Crippen molar-refractivity contribution < 1.29 is 0 Å². The van der Waals surface area contributed by atoms with E-state index in [-0.39, 0.29) is 0 Å². The summed E-state index contributed by atoms with van der Waals surface area (Å²) in [4.78, 5) is 0. The van der Waals surface area contributed by atoms with Crippen LogP contribution in [0.3, 0.4) is 0 Å². The highest BCUT2D eigenvalue weighted by atomic mass is 14.9. The van der Waals surface area contributed by atoms with Gasteiger partial charge in [-0.2, -0.15) is 0 Å². The smallest absolute Gasteiger partial charge is 0.0402 e. The van der Waals surface area contributed by atoms with Crippen LogP contribution in [0.2, 0.25) is 0 Å². The lowest BCUT2D eigenvalue weighted by molar-refractivity contribution is 0.826. The third-order valence-corrected chi connectivity index (χ3v) is 2.49. The van der Waals surface area contributed by atoms with Crippen LogP contribution in [0.15, 0.2) is 12.1 Å². The minimum atomic E-state index is 1.14. The molecule has 0 aliphatic carbocycles. The molecule has 1 nitrogen and oxygen atoms in total. The van der Waals surface area contributed by atoms with Gasteiger partial charge in [0.2, 0.25) is 0 Å². The molecule has 1 heterocycles. The summed E-state index contributed by atoms with van der Waals surface area (Å²) in [6, 6.07) is 4.55. The van der Waals surface area contributed by atoms with Crippen molar-refractivity contribution in [3.05, 3.63) is 28.8 Å². The highest BCUT2D eigenvalue weighted by molar-refractivity contribution is 5.59. The fourth-order valence-electron chi connectivity index (χ4n) is 2.00. The standard InChI is InChI=1S/C11H15N/c1-8-6-9(2)11-10(7-8)4-3-5-12-11/h6-7,12H,3-5H2,1-2H3. The van der Waals surface area contributed by atoms with E-state index in [4.69, 9.17) is 0 Å². The van der Waals surface area contributed by atoms with Gasteiger partial charge in [-0.1, -0.05) is 17.7 Å². The topological polar surface area (TPSA) is 12.0 Å². The Morgan fingerprint density at radius 2 is 2.08 bits per heavy atom. The summed E-state index contributed by atoms with van der Waals surface area (Å²) in [5.41, 5.74) is 5.66. The summed E-state index contributed by atoms with van der Waals surface area (Å²) < 4.78 is 0. The van der Waals surface area contributed by atoms with Crippen LogP contribution in [-0.4, -0.2) is 6.54 Å². The van der Waals surface area contributed by atoms with E-state index in [1.165, 1.54) is 35.2 Å². The van der Waals surface area contributed by atoms with E-state index in [0.717, 1.165) is 6.54 Å². The molecule has 0 atom stereocenters. The lowest BCUT2D eigenvalue weighted by atomic mass is 9.98. The quantitative estimate of drug-likeness (QED) is 0.617. The van der Waals surface area contributed by atoms with Gasteiger partial charge < -0.3 is 5.32 Å². The van der Waals surface area contributed by atoms with Crippen LogP contribution in [0, 0.1) is 13.8 Å². The monoisotopic (exact) mass is 161 g/mol. The van der Waals surface area contributed by atoms with E-state index < -0.39 is 0 Å². The van der Waals surface area contributed by atoms with Crippen LogP contribution in [0.1, 0.15) is 23.1 Å². The summed E-state index contributed by atoms with van der Waals surface area (Å²) in [5.74, 6) is 0. The number of benzene rings is 1. The first-order valence-electron chi connectivity index (χ1n) is 4.61. The Bertz CT molecular complexity index is 302. The van der Waals surface area contributed by atoms with Crippen LogP contribution >= 0.6 is 0 Å². The van der Waals surface area contributed by atoms with Crippen LogP contribution in [0.4, 0.5) is 5.69 Å². The number of aryl methyl sites for hydroxylation is 3. The molecule has 0 saturated heterocycles. The first-order chi connectivity index (χ1) is 5.77. The van der Waals surface area contributed by atoms with Crippen LogP contribution in [-0.2, 0) is 6.42 Å². The third-order valence-electron chi connectivity index (χ3n) is 2.49. The number of hydrogen-bond acceptors (Lipinski definition) is 1. The number of rotatable bonds is 0. The molecule has 1 aromatic carbocycles. The van der Waals surface area contributed by atoms with Gasteiger partial charge >= 0.3 is 0 Å². The summed E-state index contributed by atoms with van der Waals surface area (Å²) in [5, 5.41) is 3.46. The Labute approximate surface area is 73.8 Å². The summed E-state index contributed by atoms with van der Waals surface area (Å²) in [6.07, 6.45) is 2.51. The molecule has 0 amide bonds. The Kier molecular flexibility index (Phi) is 1.80. The Morgan fingerprint density at radius 3 is 2.92 bits per heavy atom. The fourth-order valence-corrected chi connectivity index (χ4v) is 2.00. The van der Waals surface area contributed by atoms with Crippen molar-refractivity contribution in [1.82, 2.24) is 0 Å². The maximum atomic E-state index is 3.46. The maximum absolute atomic E-state index is 3.46. The Morgan fingerprint density at radius 1 is 1.25 bits per heavy atom. The van der Waals surface area contributed by atoms with Crippen molar-refractivity contribution in [1.29, 1.82) is 0 Å². The van der Waals surface area contributed by atoms with Gasteiger partial charge in [0.15, 0.2) is 0 Å². The molecule has 1 aliphatic rings. The maximum Gasteiger partial charge on any atom is 0.0402 e. The molecule has 0 saturated carbocycles. The summed E-state index contributed by atoms with van der Waals surface area (Å²) in [6.45, 7) is 5.49. The molecule has 1 heteroatoms. The second-order valence-corrected chi connectivity index (χ2v) is 3.65. The van der Waals surface area contributed by atoms with Gasteiger partial charge in [0, 0.05) is 12.2 Å². The largest absolute Gasteiger partial charge is 0.385 e. The lowest BCUT2D eigenvalue weighted by Crippen LogP contribution is -2.13. The first kappa shape index (κ1) is 7.66. The van der Waals surface area contributed by atoms with Gasteiger partial charge in [0.05, 0.1) is 0 Å². The molecule has 1 aliphatic heterocycles. The van der Waals surface area contributed by atoms with Crippen molar-refractivity contribution in [2.45, 2.75) is 26.7 Å². The Hall–Kier alpha value is -0.980. The van der Waals surface area contributed by atoms with Crippen molar-refractivity contribution in [2.24, 2.45) is 0 Å². The highest BCUT2D eigenvalue weighted by Gasteiger charge is 2.10. The van der Waals surface area contributed by atoms with Gasteiger partial charge in [-0.15, -0.1) is 0 Å². The van der Waals surface area contributed by atoms with E-state index in [9.17, 15) is 0 Å². The molecule has 0 bridgehead atoms. The zero-order chi connectivity index (χ0) is 8.55. The van der Waals surface area contributed by atoms with E-state index >= 15 is 0 Å². The minimum absolute atomic E-state index is 1.14. The molecule has 0 unspecified atom stereocenters. The van der Waals surface area contributed by atoms with Crippen molar-refractivity contribution >= 4 is 5.69 Å². The molecule has 0 fully saturated rings.